The fourth-order valence-electron chi connectivity index (χ4n) is 3.60. The van der Waals surface area contributed by atoms with Crippen molar-refractivity contribution in [2.24, 2.45) is 0 Å². The second kappa shape index (κ2) is 9.44. The van der Waals surface area contributed by atoms with Crippen molar-refractivity contribution in [3.8, 4) is 11.4 Å². The van der Waals surface area contributed by atoms with Gasteiger partial charge in [0.05, 0.1) is 18.1 Å². The van der Waals surface area contributed by atoms with E-state index in [0.717, 1.165) is 39.5 Å². The molecule has 0 saturated heterocycles. The highest BCUT2D eigenvalue weighted by Gasteiger charge is 2.22. The first-order valence-corrected chi connectivity index (χ1v) is 11.4. The fourth-order valence-corrected chi connectivity index (χ4v) is 4.45. The van der Waals surface area contributed by atoms with Crippen molar-refractivity contribution in [2.45, 2.75) is 44.6 Å². The summed E-state index contributed by atoms with van der Waals surface area (Å²) in [4.78, 5) is 12.9. The molecule has 2 aromatic heterocycles. The van der Waals surface area contributed by atoms with Crippen LogP contribution in [0.1, 0.15) is 29.4 Å². The summed E-state index contributed by atoms with van der Waals surface area (Å²) < 4.78 is 7.58. The standard InChI is InChI=1S/C25H26N4O2S/c1-16-12-17(2)14-20(13-16)26-24(30)19(4)32-25-28-27-23(22-10-6-5-8-18(22)3)29(25)15-21-9-7-11-31-21/h5-14,19H,15H2,1-4H3,(H,26,30). The number of rotatable bonds is 7. The van der Waals surface area contributed by atoms with E-state index < -0.39 is 0 Å². The second-order valence-corrected chi connectivity index (χ2v) is 9.22. The van der Waals surface area contributed by atoms with Gasteiger partial charge in [-0.05, 0) is 68.7 Å². The van der Waals surface area contributed by atoms with E-state index in [-0.39, 0.29) is 11.2 Å². The molecule has 1 atom stereocenters. The van der Waals surface area contributed by atoms with Gasteiger partial charge < -0.3 is 9.73 Å². The van der Waals surface area contributed by atoms with Crippen LogP contribution < -0.4 is 5.32 Å². The molecular formula is C25H26N4O2S. The van der Waals surface area contributed by atoms with Crippen molar-refractivity contribution in [2.75, 3.05) is 5.32 Å². The highest BCUT2D eigenvalue weighted by Crippen LogP contribution is 2.30. The SMILES string of the molecule is Cc1cc(C)cc(NC(=O)C(C)Sc2nnc(-c3ccccc3C)n2Cc2ccco2)c1. The molecule has 1 N–H and O–H groups in total. The van der Waals surface area contributed by atoms with Gasteiger partial charge in [-0.25, -0.2) is 0 Å². The molecule has 4 rings (SSSR count). The maximum atomic E-state index is 12.9. The van der Waals surface area contributed by atoms with Gasteiger partial charge in [-0.15, -0.1) is 10.2 Å². The third kappa shape index (κ3) is 4.94. The highest BCUT2D eigenvalue weighted by molar-refractivity contribution is 8.00. The molecule has 0 saturated carbocycles. The zero-order valence-electron chi connectivity index (χ0n) is 18.6. The number of hydrogen-bond donors (Lipinski definition) is 1. The molecule has 32 heavy (non-hydrogen) atoms. The summed E-state index contributed by atoms with van der Waals surface area (Å²) in [5.41, 5.74) is 5.14. The van der Waals surface area contributed by atoms with Gasteiger partial charge in [-0.1, -0.05) is 42.1 Å². The van der Waals surface area contributed by atoms with Gasteiger partial charge in [-0.2, -0.15) is 0 Å². The Morgan fingerprint density at radius 3 is 2.50 bits per heavy atom. The number of carbonyl (C=O) groups excluding carboxylic acids is 1. The Morgan fingerprint density at radius 2 is 1.81 bits per heavy atom. The zero-order chi connectivity index (χ0) is 22.7. The van der Waals surface area contributed by atoms with E-state index >= 15 is 0 Å². The van der Waals surface area contributed by atoms with Crippen LogP contribution in [0.25, 0.3) is 11.4 Å². The van der Waals surface area contributed by atoms with Crippen molar-refractivity contribution in [3.05, 3.63) is 83.3 Å². The van der Waals surface area contributed by atoms with Crippen molar-refractivity contribution in [3.63, 3.8) is 0 Å². The minimum Gasteiger partial charge on any atom is -0.467 e. The molecule has 4 aromatic rings. The van der Waals surface area contributed by atoms with Crippen molar-refractivity contribution >= 4 is 23.4 Å². The predicted molar refractivity (Wildman–Crippen MR) is 128 cm³/mol. The van der Waals surface area contributed by atoms with E-state index in [0.29, 0.717) is 11.7 Å². The van der Waals surface area contributed by atoms with Crippen LogP contribution in [-0.2, 0) is 11.3 Å². The number of furan rings is 1. The van der Waals surface area contributed by atoms with Crippen LogP contribution in [0.3, 0.4) is 0 Å². The Morgan fingerprint density at radius 1 is 1.06 bits per heavy atom. The summed E-state index contributed by atoms with van der Waals surface area (Å²) in [6.07, 6.45) is 1.65. The number of hydrogen-bond acceptors (Lipinski definition) is 5. The van der Waals surface area contributed by atoms with Crippen LogP contribution in [0.5, 0.6) is 0 Å². The second-order valence-electron chi connectivity index (χ2n) is 7.91. The van der Waals surface area contributed by atoms with Crippen LogP contribution in [-0.4, -0.2) is 25.9 Å². The van der Waals surface area contributed by atoms with Gasteiger partial charge in [0.25, 0.3) is 0 Å². The molecule has 6 nitrogen and oxygen atoms in total. The van der Waals surface area contributed by atoms with Gasteiger partial charge in [0.1, 0.15) is 5.76 Å². The number of carbonyl (C=O) groups is 1. The molecule has 0 spiro atoms. The molecule has 164 valence electrons. The van der Waals surface area contributed by atoms with Crippen LogP contribution >= 0.6 is 11.8 Å². The fraction of sp³-hybridized carbons (Fsp3) is 0.240. The molecule has 0 aliphatic heterocycles. The lowest BCUT2D eigenvalue weighted by atomic mass is 10.1. The number of nitrogens with one attached hydrogen (secondary N) is 1. The predicted octanol–water partition coefficient (Wildman–Crippen LogP) is 5.63. The number of anilines is 1. The van der Waals surface area contributed by atoms with E-state index in [1.165, 1.54) is 11.8 Å². The molecule has 0 fully saturated rings. The summed E-state index contributed by atoms with van der Waals surface area (Å²) in [5, 5.41) is 12.2. The Bertz CT molecular complexity index is 1210. The van der Waals surface area contributed by atoms with E-state index in [1.54, 1.807) is 6.26 Å². The summed E-state index contributed by atoms with van der Waals surface area (Å²) in [5.74, 6) is 1.47. The minimum atomic E-state index is -0.361. The lowest BCUT2D eigenvalue weighted by molar-refractivity contribution is -0.115. The average molecular weight is 447 g/mol. The molecule has 2 aromatic carbocycles. The first-order chi connectivity index (χ1) is 15.4. The zero-order valence-corrected chi connectivity index (χ0v) is 19.4. The summed E-state index contributed by atoms with van der Waals surface area (Å²) in [6, 6.07) is 17.9. The minimum absolute atomic E-state index is 0.0787. The monoisotopic (exact) mass is 446 g/mol. The summed E-state index contributed by atoms with van der Waals surface area (Å²) >= 11 is 1.38. The molecule has 0 bridgehead atoms. The lowest BCUT2D eigenvalue weighted by Crippen LogP contribution is -2.23. The molecule has 0 radical (unpaired) electrons. The van der Waals surface area contributed by atoms with Gasteiger partial charge in [-0.3, -0.25) is 9.36 Å². The van der Waals surface area contributed by atoms with E-state index in [2.05, 4.69) is 21.6 Å². The van der Waals surface area contributed by atoms with E-state index in [4.69, 9.17) is 4.42 Å². The van der Waals surface area contributed by atoms with Gasteiger partial charge in [0, 0.05) is 11.3 Å². The maximum absolute atomic E-state index is 12.9. The van der Waals surface area contributed by atoms with Crippen LogP contribution in [0.2, 0.25) is 0 Å². The Balaban J connectivity index is 1.59. The molecule has 1 unspecified atom stereocenters. The number of aromatic nitrogens is 3. The van der Waals surface area contributed by atoms with Crippen molar-refractivity contribution in [1.82, 2.24) is 14.8 Å². The maximum Gasteiger partial charge on any atom is 0.237 e. The van der Waals surface area contributed by atoms with Gasteiger partial charge in [0.15, 0.2) is 11.0 Å². The first-order valence-electron chi connectivity index (χ1n) is 10.5. The van der Waals surface area contributed by atoms with Crippen LogP contribution in [0.15, 0.2) is 70.4 Å². The van der Waals surface area contributed by atoms with E-state index in [1.807, 2.05) is 80.8 Å². The Kier molecular flexibility index (Phi) is 6.46. The number of thioether (sulfide) groups is 1. The number of amides is 1. The normalized spacial score (nSPS) is 12.0. The summed E-state index contributed by atoms with van der Waals surface area (Å²) in [7, 11) is 0. The molecule has 1 amide bonds. The lowest BCUT2D eigenvalue weighted by Gasteiger charge is -2.14. The first kappa shape index (κ1) is 21.9. The smallest absolute Gasteiger partial charge is 0.237 e. The average Bonchev–Trinajstić information content (AvgIpc) is 3.38. The molecule has 0 aliphatic carbocycles. The Labute approximate surface area is 192 Å². The molecule has 2 heterocycles. The Hall–Kier alpha value is -3.32. The molecule has 0 aliphatic rings. The third-order valence-corrected chi connectivity index (χ3v) is 6.22. The third-order valence-electron chi connectivity index (χ3n) is 5.14. The number of nitrogens with zero attached hydrogens (tertiary/aromatic N) is 3. The van der Waals surface area contributed by atoms with Crippen LogP contribution in [0.4, 0.5) is 5.69 Å². The number of aryl methyl sites for hydroxylation is 3. The topological polar surface area (TPSA) is 73.0 Å². The summed E-state index contributed by atoms with van der Waals surface area (Å²) in [6.45, 7) is 8.45. The van der Waals surface area contributed by atoms with Crippen molar-refractivity contribution in [1.29, 1.82) is 0 Å². The van der Waals surface area contributed by atoms with Gasteiger partial charge >= 0.3 is 0 Å². The van der Waals surface area contributed by atoms with E-state index in [9.17, 15) is 4.79 Å². The molecule has 7 heteroatoms. The van der Waals surface area contributed by atoms with Crippen molar-refractivity contribution < 1.29 is 9.21 Å². The number of benzene rings is 2. The van der Waals surface area contributed by atoms with Gasteiger partial charge in [0.2, 0.25) is 5.91 Å². The van der Waals surface area contributed by atoms with Crippen LogP contribution in [0, 0.1) is 20.8 Å². The molecular weight excluding hydrogens is 420 g/mol. The largest absolute Gasteiger partial charge is 0.467 e. The highest BCUT2D eigenvalue weighted by atomic mass is 32.2. The quantitative estimate of drug-likeness (QED) is 0.372.